The molecule has 5 heteroatoms. The Labute approximate surface area is 105 Å². The van der Waals surface area contributed by atoms with Crippen molar-refractivity contribution in [1.29, 1.82) is 0 Å². The summed E-state index contributed by atoms with van der Waals surface area (Å²) in [5.74, 6) is -0.0913. The normalized spacial score (nSPS) is 13.2. The van der Waals surface area contributed by atoms with E-state index >= 15 is 0 Å². The molecule has 0 atom stereocenters. The molecule has 0 unspecified atom stereocenters. The summed E-state index contributed by atoms with van der Waals surface area (Å²) in [6.45, 7) is 4.58. The standard InChI is InChI=1S/C13H15N3O2/c1-2-6-15-13(18)16-10-4-3-9-5-7-14-12(17)11(9)8-10/h2-4,8H,1,5-7H2,(H,14,17)(H2,15,16,18). The second-order valence-electron chi connectivity index (χ2n) is 4.00. The van der Waals surface area contributed by atoms with E-state index in [1.807, 2.05) is 6.07 Å². The molecule has 1 aromatic carbocycles. The van der Waals surface area contributed by atoms with Crippen molar-refractivity contribution in [3.8, 4) is 0 Å². The first-order valence-electron chi connectivity index (χ1n) is 5.77. The largest absolute Gasteiger partial charge is 0.352 e. The van der Waals surface area contributed by atoms with Crippen molar-refractivity contribution >= 4 is 17.6 Å². The second-order valence-corrected chi connectivity index (χ2v) is 4.00. The predicted molar refractivity (Wildman–Crippen MR) is 69.7 cm³/mol. The summed E-state index contributed by atoms with van der Waals surface area (Å²) >= 11 is 0. The van der Waals surface area contributed by atoms with E-state index in [-0.39, 0.29) is 11.9 Å². The van der Waals surface area contributed by atoms with Crippen LogP contribution in [0.5, 0.6) is 0 Å². The van der Waals surface area contributed by atoms with Crippen LogP contribution in [-0.4, -0.2) is 25.0 Å². The number of anilines is 1. The molecule has 94 valence electrons. The highest BCUT2D eigenvalue weighted by Gasteiger charge is 2.16. The Morgan fingerprint density at radius 3 is 3.11 bits per heavy atom. The van der Waals surface area contributed by atoms with Gasteiger partial charge in [-0.1, -0.05) is 12.1 Å². The number of rotatable bonds is 3. The number of fused-ring (bicyclic) bond motifs is 1. The Morgan fingerprint density at radius 2 is 2.33 bits per heavy atom. The fourth-order valence-corrected chi connectivity index (χ4v) is 1.83. The highest BCUT2D eigenvalue weighted by Crippen LogP contribution is 2.18. The monoisotopic (exact) mass is 245 g/mol. The Balaban J connectivity index is 2.11. The lowest BCUT2D eigenvalue weighted by Gasteiger charge is -2.17. The summed E-state index contributed by atoms with van der Waals surface area (Å²) in [6, 6.07) is 5.05. The zero-order chi connectivity index (χ0) is 13.0. The molecule has 0 fully saturated rings. The Kier molecular flexibility index (Phi) is 3.62. The van der Waals surface area contributed by atoms with Crippen LogP contribution in [0.15, 0.2) is 30.9 Å². The molecule has 0 bridgehead atoms. The molecule has 1 aromatic rings. The van der Waals surface area contributed by atoms with Crippen molar-refractivity contribution in [3.63, 3.8) is 0 Å². The molecular weight excluding hydrogens is 230 g/mol. The molecule has 1 heterocycles. The molecule has 0 spiro atoms. The third-order valence-electron chi connectivity index (χ3n) is 2.70. The molecule has 0 aliphatic carbocycles. The number of urea groups is 1. The van der Waals surface area contributed by atoms with Crippen molar-refractivity contribution < 1.29 is 9.59 Å². The molecule has 1 aliphatic rings. The molecule has 5 nitrogen and oxygen atoms in total. The van der Waals surface area contributed by atoms with Gasteiger partial charge in [-0.3, -0.25) is 4.79 Å². The van der Waals surface area contributed by atoms with Gasteiger partial charge in [0.15, 0.2) is 0 Å². The molecule has 0 saturated heterocycles. The number of carbonyl (C=O) groups is 2. The van der Waals surface area contributed by atoms with Crippen LogP contribution in [-0.2, 0) is 6.42 Å². The third-order valence-corrected chi connectivity index (χ3v) is 2.70. The molecular formula is C13H15N3O2. The fraction of sp³-hybridized carbons (Fsp3) is 0.231. The van der Waals surface area contributed by atoms with Crippen LogP contribution < -0.4 is 16.0 Å². The van der Waals surface area contributed by atoms with Crippen LogP contribution in [0.25, 0.3) is 0 Å². The van der Waals surface area contributed by atoms with Gasteiger partial charge < -0.3 is 16.0 Å². The molecule has 0 aromatic heterocycles. The Morgan fingerprint density at radius 1 is 1.50 bits per heavy atom. The number of hydrogen-bond donors (Lipinski definition) is 3. The fourth-order valence-electron chi connectivity index (χ4n) is 1.83. The van der Waals surface area contributed by atoms with Crippen LogP contribution in [0.1, 0.15) is 15.9 Å². The van der Waals surface area contributed by atoms with E-state index in [4.69, 9.17) is 0 Å². The van der Waals surface area contributed by atoms with Crippen molar-refractivity contribution in [2.24, 2.45) is 0 Å². The first kappa shape index (κ1) is 12.2. The summed E-state index contributed by atoms with van der Waals surface area (Å²) in [7, 11) is 0. The first-order chi connectivity index (χ1) is 8.70. The summed E-state index contributed by atoms with van der Waals surface area (Å²) in [6.07, 6.45) is 2.42. The smallest absolute Gasteiger partial charge is 0.319 e. The highest BCUT2D eigenvalue weighted by molar-refractivity contribution is 5.99. The van der Waals surface area contributed by atoms with Crippen LogP contribution in [0.2, 0.25) is 0 Å². The van der Waals surface area contributed by atoms with Gasteiger partial charge in [-0.15, -0.1) is 6.58 Å². The van der Waals surface area contributed by atoms with E-state index in [0.29, 0.717) is 24.3 Å². The lowest BCUT2D eigenvalue weighted by atomic mass is 10.00. The van der Waals surface area contributed by atoms with E-state index < -0.39 is 0 Å². The van der Waals surface area contributed by atoms with Crippen LogP contribution in [0.4, 0.5) is 10.5 Å². The second kappa shape index (κ2) is 5.35. The van der Waals surface area contributed by atoms with Crippen molar-refractivity contribution in [3.05, 3.63) is 42.0 Å². The average Bonchev–Trinajstić information content (AvgIpc) is 2.37. The summed E-state index contributed by atoms with van der Waals surface area (Å²) in [4.78, 5) is 23.1. The van der Waals surface area contributed by atoms with Gasteiger partial charge in [0.05, 0.1) is 0 Å². The summed E-state index contributed by atoms with van der Waals surface area (Å²) < 4.78 is 0. The van der Waals surface area contributed by atoms with Gasteiger partial charge in [-0.2, -0.15) is 0 Å². The maximum Gasteiger partial charge on any atom is 0.319 e. The summed E-state index contributed by atoms with van der Waals surface area (Å²) in [5, 5.41) is 8.05. The van der Waals surface area contributed by atoms with Crippen molar-refractivity contribution in [2.45, 2.75) is 6.42 Å². The lowest BCUT2D eigenvalue weighted by molar-refractivity contribution is 0.0946. The maximum atomic E-state index is 11.6. The number of hydrogen-bond acceptors (Lipinski definition) is 2. The highest BCUT2D eigenvalue weighted by atomic mass is 16.2. The van der Waals surface area contributed by atoms with Gasteiger partial charge in [-0.25, -0.2) is 4.79 Å². The number of nitrogens with one attached hydrogen (secondary N) is 3. The SMILES string of the molecule is C=CCNC(=O)Nc1ccc2c(c1)C(=O)NCC2. The molecule has 0 radical (unpaired) electrons. The third kappa shape index (κ3) is 2.68. The topological polar surface area (TPSA) is 70.2 Å². The van der Waals surface area contributed by atoms with E-state index in [1.165, 1.54) is 0 Å². The van der Waals surface area contributed by atoms with Crippen molar-refractivity contribution in [2.75, 3.05) is 18.4 Å². The van der Waals surface area contributed by atoms with Crippen LogP contribution in [0, 0.1) is 0 Å². The summed E-state index contributed by atoms with van der Waals surface area (Å²) in [5.41, 5.74) is 2.24. The number of amides is 3. The maximum absolute atomic E-state index is 11.6. The number of benzene rings is 1. The van der Waals surface area contributed by atoms with Gasteiger partial charge in [0.1, 0.15) is 0 Å². The molecule has 3 N–H and O–H groups in total. The molecule has 2 rings (SSSR count). The molecule has 0 saturated carbocycles. The minimum absolute atomic E-state index is 0.0913. The quantitative estimate of drug-likeness (QED) is 0.702. The predicted octanol–water partition coefficient (Wildman–Crippen LogP) is 1.28. The minimum Gasteiger partial charge on any atom is -0.352 e. The lowest BCUT2D eigenvalue weighted by Crippen LogP contribution is -2.32. The van der Waals surface area contributed by atoms with Gasteiger partial charge >= 0.3 is 6.03 Å². The van der Waals surface area contributed by atoms with Crippen molar-refractivity contribution in [1.82, 2.24) is 10.6 Å². The van der Waals surface area contributed by atoms with Gasteiger partial charge in [0.25, 0.3) is 5.91 Å². The van der Waals surface area contributed by atoms with Gasteiger partial charge in [0, 0.05) is 24.3 Å². The van der Waals surface area contributed by atoms with E-state index in [9.17, 15) is 9.59 Å². The van der Waals surface area contributed by atoms with Gasteiger partial charge in [-0.05, 0) is 24.1 Å². The number of carbonyl (C=O) groups excluding carboxylic acids is 2. The van der Waals surface area contributed by atoms with E-state index in [1.54, 1.807) is 18.2 Å². The minimum atomic E-state index is -0.314. The Hall–Kier alpha value is -2.30. The Bertz CT molecular complexity index is 497. The van der Waals surface area contributed by atoms with Gasteiger partial charge in [0.2, 0.25) is 0 Å². The molecule has 18 heavy (non-hydrogen) atoms. The molecule has 1 aliphatic heterocycles. The van der Waals surface area contributed by atoms with Crippen LogP contribution in [0.3, 0.4) is 0 Å². The first-order valence-corrected chi connectivity index (χ1v) is 5.77. The van der Waals surface area contributed by atoms with E-state index in [2.05, 4.69) is 22.5 Å². The van der Waals surface area contributed by atoms with Crippen LogP contribution >= 0.6 is 0 Å². The zero-order valence-corrected chi connectivity index (χ0v) is 9.95. The zero-order valence-electron chi connectivity index (χ0n) is 9.95. The van der Waals surface area contributed by atoms with E-state index in [0.717, 1.165) is 12.0 Å². The average molecular weight is 245 g/mol. The molecule has 3 amide bonds.